The molecular weight excluding hydrogens is 423 g/mol. The molecule has 0 atom stereocenters. The van der Waals surface area contributed by atoms with Crippen molar-refractivity contribution in [3.05, 3.63) is 58.1 Å². The van der Waals surface area contributed by atoms with Crippen LogP contribution in [0, 0.1) is 6.92 Å². The van der Waals surface area contributed by atoms with Gasteiger partial charge in [0.15, 0.2) is 6.61 Å². The van der Waals surface area contributed by atoms with Gasteiger partial charge in [0.2, 0.25) is 10.0 Å². The summed E-state index contributed by atoms with van der Waals surface area (Å²) < 4.78 is 32.3. The number of piperazine rings is 1. The minimum atomic E-state index is -3.56. The maximum absolute atomic E-state index is 12.7. The van der Waals surface area contributed by atoms with E-state index >= 15 is 0 Å². The zero-order chi connectivity index (χ0) is 20.3. The highest BCUT2D eigenvalue weighted by molar-refractivity contribution is 7.89. The molecule has 3 rings (SSSR count). The summed E-state index contributed by atoms with van der Waals surface area (Å²) in [5.74, 6) is 0.151. The molecule has 0 N–H and O–H groups in total. The molecule has 6 nitrogen and oxygen atoms in total. The number of nitrogens with zero attached hydrogens (tertiary/aromatic N) is 2. The van der Waals surface area contributed by atoms with Gasteiger partial charge >= 0.3 is 0 Å². The van der Waals surface area contributed by atoms with Crippen LogP contribution in [0.25, 0.3) is 0 Å². The lowest BCUT2D eigenvalue weighted by Gasteiger charge is -2.34. The Morgan fingerprint density at radius 2 is 1.68 bits per heavy atom. The Hall–Kier alpha value is -1.80. The SMILES string of the molecule is Cc1ccc(S(=O)(=O)N2CCN(C(=O)COc3ccc(Cl)cc3Cl)CC2)cc1. The second-order valence-corrected chi connectivity index (χ2v) is 9.24. The zero-order valence-corrected chi connectivity index (χ0v) is 17.6. The number of carbonyl (C=O) groups excluding carboxylic acids is 1. The maximum atomic E-state index is 12.7. The Labute approximate surface area is 174 Å². The number of sulfonamides is 1. The van der Waals surface area contributed by atoms with Crippen molar-refractivity contribution >= 4 is 39.1 Å². The smallest absolute Gasteiger partial charge is 0.260 e. The van der Waals surface area contributed by atoms with Gasteiger partial charge in [0.05, 0.1) is 9.92 Å². The number of carbonyl (C=O) groups is 1. The lowest BCUT2D eigenvalue weighted by Crippen LogP contribution is -2.51. The average molecular weight is 443 g/mol. The monoisotopic (exact) mass is 442 g/mol. The van der Waals surface area contributed by atoms with Gasteiger partial charge in [-0.15, -0.1) is 0 Å². The number of rotatable bonds is 5. The number of amides is 1. The molecule has 1 saturated heterocycles. The van der Waals surface area contributed by atoms with Crippen LogP contribution in [-0.2, 0) is 14.8 Å². The molecule has 0 bridgehead atoms. The molecule has 0 unspecified atom stereocenters. The summed E-state index contributed by atoms with van der Waals surface area (Å²) >= 11 is 11.9. The molecule has 0 aromatic heterocycles. The molecule has 1 amide bonds. The maximum Gasteiger partial charge on any atom is 0.260 e. The summed E-state index contributed by atoms with van der Waals surface area (Å²) in [7, 11) is -3.56. The van der Waals surface area contributed by atoms with Gasteiger partial charge in [0, 0.05) is 31.2 Å². The molecule has 1 aliphatic heterocycles. The number of halogens is 2. The predicted octanol–water partition coefficient (Wildman–Crippen LogP) is 3.21. The lowest BCUT2D eigenvalue weighted by atomic mass is 10.2. The molecule has 2 aromatic rings. The molecule has 0 aliphatic carbocycles. The first-order valence-electron chi connectivity index (χ1n) is 8.70. The van der Waals surface area contributed by atoms with Crippen molar-refractivity contribution in [2.45, 2.75) is 11.8 Å². The van der Waals surface area contributed by atoms with Gasteiger partial charge in [0.25, 0.3) is 5.91 Å². The van der Waals surface area contributed by atoms with Gasteiger partial charge in [0.1, 0.15) is 5.75 Å². The number of ether oxygens (including phenoxy) is 1. The molecular formula is C19H20Cl2N2O4S. The van der Waals surface area contributed by atoms with Crippen molar-refractivity contribution in [2.24, 2.45) is 0 Å². The van der Waals surface area contributed by atoms with Gasteiger partial charge in [-0.2, -0.15) is 4.31 Å². The molecule has 1 aliphatic rings. The van der Waals surface area contributed by atoms with Crippen LogP contribution in [0.1, 0.15) is 5.56 Å². The highest BCUT2D eigenvalue weighted by atomic mass is 35.5. The van der Waals surface area contributed by atoms with Crippen molar-refractivity contribution in [3.63, 3.8) is 0 Å². The molecule has 0 spiro atoms. The summed E-state index contributed by atoms with van der Waals surface area (Å²) in [6.07, 6.45) is 0. The Balaban J connectivity index is 1.55. The second kappa shape index (κ2) is 8.69. The molecule has 1 fully saturated rings. The van der Waals surface area contributed by atoms with Crippen LogP contribution in [0.5, 0.6) is 5.75 Å². The van der Waals surface area contributed by atoms with Crippen LogP contribution in [0.3, 0.4) is 0 Å². The van der Waals surface area contributed by atoms with E-state index in [1.807, 2.05) is 6.92 Å². The Morgan fingerprint density at radius 3 is 2.29 bits per heavy atom. The molecule has 28 heavy (non-hydrogen) atoms. The van der Waals surface area contributed by atoms with Crippen LogP contribution >= 0.6 is 23.2 Å². The van der Waals surface area contributed by atoms with E-state index in [-0.39, 0.29) is 30.5 Å². The van der Waals surface area contributed by atoms with Crippen molar-refractivity contribution in [2.75, 3.05) is 32.8 Å². The van der Waals surface area contributed by atoms with Gasteiger partial charge in [-0.1, -0.05) is 40.9 Å². The molecule has 9 heteroatoms. The van der Waals surface area contributed by atoms with E-state index in [0.717, 1.165) is 5.56 Å². The Kier molecular flexibility index (Phi) is 6.50. The molecule has 0 radical (unpaired) electrons. The fraction of sp³-hybridized carbons (Fsp3) is 0.316. The average Bonchev–Trinajstić information content (AvgIpc) is 2.67. The van der Waals surface area contributed by atoms with Crippen LogP contribution < -0.4 is 4.74 Å². The molecule has 150 valence electrons. The highest BCUT2D eigenvalue weighted by Crippen LogP contribution is 2.27. The fourth-order valence-corrected chi connectivity index (χ4v) is 4.75. The van der Waals surface area contributed by atoms with E-state index in [9.17, 15) is 13.2 Å². The molecule has 0 saturated carbocycles. The number of hydrogen-bond donors (Lipinski definition) is 0. The third kappa shape index (κ3) is 4.78. The van der Waals surface area contributed by atoms with E-state index in [2.05, 4.69) is 0 Å². The summed E-state index contributed by atoms with van der Waals surface area (Å²) in [4.78, 5) is 14.2. The summed E-state index contributed by atoms with van der Waals surface area (Å²) in [5, 5.41) is 0.809. The quantitative estimate of drug-likeness (QED) is 0.712. The van der Waals surface area contributed by atoms with Crippen molar-refractivity contribution in [1.82, 2.24) is 9.21 Å². The fourth-order valence-electron chi connectivity index (χ4n) is 2.86. The third-order valence-corrected chi connectivity index (χ3v) is 6.94. The number of hydrogen-bond acceptors (Lipinski definition) is 4. The van der Waals surface area contributed by atoms with Gasteiger partial charge in [-0.05, 0) is 37.3 Å². The van der Waals surface area contributed by atoms with E-state index in [1.54, 1.807) is 41.3 Å². The number of benzene rings is 2. The normalized spacial score (nSPS) is 15.5. The molecule has 2 aromatic carbocycles. The van der Waals surface area contributed by atoms with Crippen molar-refractivity contribution in [1.29, 1.82) is 0 Å². The summed E-state index contributed by atoms with van der Waals surface area (Å²) in [5.41, 5.74) is 0.996. The lowest BCUT2D eigenvalue weighted by molar-refractivity contribution is -0.134. The Morgan fingerprint density at radius 1 is 1.04 bits per heavy atom. The van der Waals surface area contributed by atoms with Crippen LogP contribution in [0.15, 0.2) is 47.4 Å². The highest BCUT2D eigenvalue weighted by Gasteiger charge is 2.30. The van der Waals surface area contributed by atoms with E-state index < -0.39 is 10.0 Å². The second-order valence-electron chi connectivity index (χ2n) is 6.46. The van der Waals surface area contributed by atoms with E-state index in [0.29, 0.717) is 28.9 Å². The largest absolute Gasteiger partial charge is 0.482 e. The number of aryl methyl sites for hydroxylation is 1. The first kappa shape index (κ1) is 20.9. The van der Waals surface area contributed by atoms with Crippen LogP contribution in [0.2, 0.25) is 10.0 Å². The molecule has 1 heterocycles. The minimum absolute atomic E-state index is 0.175. The van der Waals surface area contributed by atoms with Crippen molar-refractivity contribution in [3.8, 4) is 5.75 Å². The van der Waals surface area contributed by atoms with Crippen LogP contribution in [0.4, 0.5) is 0 Å². The van der Waals surface area contributed by atoms with E-state index in [1.165, 1.54) is 10.4 Å². The Bertz CT molecular complexity index is 956. The topological polar surface area (TPSA) is 66.9 Å². The first-order chi connectivity index (χ1) is 13.3. The van der Waals surface area contributed by atoms with Crippen molar-refractivity contribution < 1.29 is 17.9 Å². The van der Waals surface area contributed by atoms with Gasteiger partial charge in [-0.3, -0.25) is 4.79 Å². The van der Waals surface area contributed by atoms with E-state index in [4.69, 9.17) is 27.9 Å². The summed E-state index contributed by atoms with van der Waals surface area (Å²) in [6.45, 7) is 2.82. The first-order valence-corrected chi connectivity index (χ1v) is 10.9. The summed E-state index contributed by atoms with van der Waals surface area (Å²) in [6, 6.07) is 11.5. The zero-order valence-electron chi connectivity index (χ0n) is 15.3. The minimum Gasteiger partial charge on any atom is -0.482 e. The van der Waals surface area contributed by atoms with Crippen LogP contribution in [-0.4, -0.2) is 56.3 Å². The third-order valence-electron chi connectivity index (χ3n) is 4.50. The van der Waals surface area contributed by atoms with Gasteiger partial charge in [-0.25, -0.2) is 8.42 Å². The standard InChI is InChI=1S/C19H20Cl2N2O4S/c1-14-2-5-16(6-3-14)28(25,26)23-10-8-22(9-11-23)19(24)13-27-18-7-4-15(20)12-17(18)21/h2-7,12H,8-11,13H2,1H3. The predicted molar refractivity (Wildman–Crippen MR) is 108 cm³/mol. The van der Waals surface area contributed by atoms with Gasteiger partial charge < -0.3 is 9.64 Å².